The van der Waals surface area contributed by atoms with Crippen LogP contribution in [0.5, 0.6) is 0 Å². The van der Waals surface area contributed by atoms with Gasteiger partial charge in [0.25, 0.3) is 10.0 Å². The minimum atomic E-state index is -5.08. The van der Waals surface area contributed by atoms with Crippen molar-refractivity contribution in [1.82, 2.24) is 8.87 Å². The predicted molar refractivity (Wildman–Crippen MR) is 113 cm³/mol. The van der Waals surface area contributed by atoms with Crippen LogP contribution in [0.25, 0.3) is 10.9 Å². The van der Waals surface area contributed by atoms with Crippen LogP contribution in [0.4, 0.5) is 13.2 Å². The SMILES string of the molecule is NC1CCN(Cc2cccc3c2ccn3S(=O)(=O)c2ccccc2)C1.O=C(O)C(F)(F)F. The van der Waals surface area contributed by atoms with Crippen LogP contribution in [-0.4, -0.2) is 53.7 Å². The Balaban J connectivity index is 0.000000360. The van der Waals surface area contributed by atoms with E-state index in [0.29, 0.717) is 10.4 Å². The second kappa shape index (κ2) is 9.31. The Morgan fingerprint density at radius 2 is 1.75 bits per heavy atom. The highest BCUT2D eigenvalue weighted by atomic mass is 32.2. The molecular weight excluding hydrogens is 447 g/mol. The molecule has 2 heterocycles. The lowest BCUT2D eigenvalue weighted by Crippen LogP contribution is -2.26. The standard InChI is InChI=1S/C19H21N3O2S.C2HF3O2/c20-16-9-11-21(14-16)13-15-5-4-8-19-18(15)10-12-22(19)25(23,24)17-6-2-1-3-7-17;3-2(4,5)1(6)7/h1-8,10,12,16H,9,11,13-14,20H2;(H,6,7). The fraction of sp³-hybridized carbons (Fsp3) is 0.286. The summed E-state index contributed by atoms with van der Waals surface area (Å²) in [6, 6.07) is 16.5. The minimum absolute atomic E-state index is 0.238. The van der Waals surface area contributed by atoms with Crippen LogP contribution in [0.15, 0.2) is 65.7 Å². The summed E-state index contributed by atoms with van der Waals surface area (Å²) in [5.41, 5.74) is 7.84. The Labute approximate surface area is 182 Å². The number of nitrogens with zero attached hydrogens (tertiary/aromatic N) is 2. The Morgan fingerprint density at radius 3 is 2.31 bits per heavy atom. The Hall–Kier alpha value is -2.89. The van der Waals surface area contributed by atoms with Crippen molar-refractivity contribution >= 4 is 26.9 Å². The highest BCUT2D eigenvalue weighted by Gasteiger charge is 2.38. The van der Waals surface area contributed by atoms with Crippen molar-refractivity contribution in [3.05, 3.63) is 66.4 Å². The summed E-state index contributed by atoms with van der Waals surface area (Å²) < 4.78 is 59.0. The van der Waals surface area contributed by atoms with Crippen molar-refractivity contribution in [2.75, 3.05) is 13.1 Å². The predicted octanol–water partition coefficient (Wildman–Crippen LogP) is 3.04. The van der Waals surface area contributed by atoms with Gasteiger partial charge in [-0.1, -0.05) is 30.3 Å². The fourth-order valence-electron chi connectivity index (χ4n) is 3.51. The second-order valence-electron chi connectivity index (χ2n) is 7.37. The van der Waals surface area contributed by atoms with Crippen molar-refractivity contribution in [3.8, 4) is 0 Å². The third-order valence-corrected chi connectivity index (χ3v) is 6.74. The molecule has 0 bridgehead atoms. The van der Waals surface area contributed by atoms with Crippen LogP contribution < -0.4 is 5.73 Å². The summed E-state index contributed by atoms with van der Waals surface area (Å²) in [5, 5.41) is 8.10. The molecule has 1 aliphatic rings. The molecule has 0 saturated carbocycles. The minimum Gasteiger partial charge on any atom is -0.475 e. The molecule has 1 aromatic heterocycles. The summed E-state index contributed by atoms with van der Waals surface area (Å²) in [4.78, 5) is 11.5. The Morgan fingerprint density at radius 1 is 1.09 bits per heavy atom. The fourth-order valence-corrected chi connectivity index (χ4v) is 4.87. The van der Waals surface area contributed by atoms with E-state index in [2.05, 4.69) is 11.0 Å². The van der Waals surface area contributed by atoms with Gasteiger partial charge in [0.05, 0.1) is 10.4 Å². The van der Waals surface area contributed by atoms with E-state index < -0.39 is 22.2 Å². The van der Waals surface area contributed by atoms with Gasteiger partial charge in [0, 0.05) is 37.3 Å². The van der Waals surface area contributed by atoms with E-state index >= 15 is 0 Å². The van der Waals surface area contributed by atoms with Gasteiger partial charge >= 0.3 is 12.1 Å². The van der Waals surface area contributed by atoms with Gasteiger partial charge in [-0.3, -0.25) is 4.90 Å². The summed E-state index contributed by atoms with van der Waals surface area (Å²) in [6.07, 6.45) is -2.43. The molecule has 1 unspecified atom stereocenters. The van der Waals surface area contributed by atoms with Gasteiger partial charge < -0.3 is 10.8 Å². The molecule has 2 aromatic carbocycles. The van der Waals surface area contributed by atoms with Crippen molar-refractivity contribution in [2.45, 2.75) is 30.1 Å². The maximum absolute atomic E-state index is 12.9. The molecule has 1 fully saturated rings. The third-order valence-electron chi connectivity index (χ3n) is 5.03. The molecular formula is C21H22F3N3O4S. The van der Waals surface area contributed by atoms with E-state index in [0.717, 1.165) is 37.0 Å². The number of fused-ring (bicyclic) bond motifs is 1. The van der Waals surface area contributed by atoms with Crippen LogP contribution in [0.3, 0.4) is 0 Å². The first kappa shape index (κ1) is 23.8. The summed E-state index contributed by atoms with van der Waals surface area (Å²) >= 11 is 0. The molecule has 4 rings (SSSR count). The number of aromatic nitrogens is 1. The number of hydrogen-bond acceptors (Lipinski definition) is 5. The molecule has 0 aliphatic carbocycles. The average molecular weight is 469 g/mol. The van der Waals surface area contributed by atoms with Crippen LogP contribution >= 0.6 is 0 Å². The zero-order valence-electron chi connectivity index (χ0n) is 16.9. The van der Waals surface area contributed by atoms with Crippen LogP contribution in [0, 0.1) is 0 Å². The van der Waals surface area contributed by atoms with Crippen molar-refractivity contribution < 1.29 is 31.5 Å². The van der Waals surface area contributed by atoms with Gasteiger partial charge in [-0.05, 0) is 36.2 Å². The third kappa shape index (κ3) is 5.29. The van der Waals surface area contributed by atoms with Crippen molar-refractivity contribution in [1.29, 1.82) is 0 Å². The number of carboxylic acids is 1. The highest BCUT2D eigenvalue weighted by Crippen LogP contribution is 2.26. The topological polar surface area (TPSA) is 106 Å². The molecule has 32 heavy (non-hydrogen) atoms. The van der Waals surface area contributed by atoms with E-state index in [1.165, 1.54) is 3.97 Å². The quantitative estimate of drug-likeness (QED) is 0.609. The van der Waals surface area contributed by atoms with Gasteiger partial charge in [0.1, 0.15) is 0 Å². The number of alkyl halides is 3. The summed E-state index contributed by atoms with van der Waals surface area (Å²) in [5.74, 6) is -2.76. The zero-order chi connectivity index (χ0) is 23.5. The van der Waals surface area contributed by atoms with E-state index in [9.17, 15) is 21.6 Å². The van der Waals surface area contributed by atoms with Crippen LogP contribution in [0.1, 0.15) is 12.0 Å². The normalized spacial score (nSPS) is 17.2. The monoisotopic (exact) mass is 469 g/mol. The number of likely N-dealkylation sites (tertiary alicyclic amines) is 1. The van der Waals surface area contributed by atoms with Gasteiger partial charge in [-0.25, -0.2) is 17.2 Å². The van der Waals surface area contributed by atoms with Crippen LogP contribution in [-0.2, 0) is 21.4 Å². The maximum Gasteiger partial charge on any atom is 0.490 e. The molecule has 1 saturated heterocycles. The summed E-state index contributed by atoms with van der Waals surface area (Å²) in [7, 11) is -3.59. The van der Waals surface area contributed by atoms with E-state index in [4.69, 9.17) is 15.6 Å². The number of aliphatic carboxylic acids is 1. The lowest BCUT2D eigenvalue weighted by atomic mass is 10.1. The smallest absolute Gasteiger partial charge is 0.475 e. The zero-order valence-corrected chi connectivity index (χ0v) is 17.7. The van der Waals surface area contributed by atoms with Crippen molar-refractivity contribution in [2.24, 2.45) is 5.73 Å². The first-order valence-electron chi connectivity index (χ1n) is 9.68. The highest BCUT2D eigenvalue weighted by molar-refractivity contribution is 7.90. The van der Waals surface area contributed by atoms with E-state index in [-0.39, 0.29) is 6.04 Å². The number of benzene rings is 2. The lowest BCUT2D eigenvalue weighted by molar-refractivity contribution is -0.192. The molecule has 0 amide bonds. The van der Waals surface area contributed by atoms with Crippen LogP contribution in [0.2, 0.25) is 0 Å². The van der Waals surface area contributed by atoms with Gasteiger partial charge in [0.15, 0.2) is 0 Å². The maximum atomic E-state index is 12.9. The lowest BCUT2D eigenvalue weighted by Gasteiger charge is -2.16. The number of halogens is 3. The molecule has 11 heteroatoms. The molecule has 3 N–H and O–H groups in total. The molecule has 0 spiro atoms. The summed E-state index contributed by atoms with van der Waals surface area (Å²) in [6.45, 7) is 2.67. The number of carbonyl (C=O) groups is 1. The van der Waals surface area contributed by atoms with Gasteiger partial charge in [0.2, 0.25) is 0 Å². The molecule has 172 valence electrons. The van der Waals surface area contributed by atoms with Gasteiger partial charge in [-0.2, -0.15) is 13.2 Å². The average Bonchev–Trinajstić information content (AvgIpc) is 3.35. The molecule has 1 aliphatic heterocycles. The molecule has 1 atom stereocenters. The number of rotatable bonds is 4. The van der Waals surface area contributed by atoms with E-state index in [1.807, 2.05) is 24.3 Å². The molecule has 3 aromatic rings. The largest absolute Gasteiger partial charge is 0.490 e. The number of nitrogens with two attached hydrogens (primary N) is 1. The number of hydrogen-bond donors (Lipinski definition) is 2. The van der Waals surface area contributed by atoms with Crippen molar-refractivity contribution in [3.63, 3.8) is 0 Å². The van der Waals surface area contributed by atoms with E-state index in [1.54, 1.807) is 30.5 Å². The number of carboxylic acid groups (broad SMARTS) is 1. The Bertz CT molecular complexity index is 1190. The van der Waals surface area contributed by atoms with Gasteiger partial charge in [-0.15, -0.1) is 0 Å². The first-order chi connectivity index (χ1) is 15.0. The Kier molecular flexibility index (Phi) is 6.91. The molecule has 7 nitrogen and oxygen atoms in total. The molecule has 0 radical (unpaired) electrons. The second-order valence-corrected chi connectivity index (χ2v) is 9.18. The first-order valence-corrected chi connectivity index (χ1v) is 11.1.